The molecule has 0 saturated heterocycles. The van der Waals surface area contributed by atoms with Crippen LogP contribution in [0.5, 0.6) is 5.75 Å². The van der Waals surface area contributed by atoms with E-state index in [4.69, 9.17) is 9.15 Å². The van der Waals surface area contributed by atoms with E-state index >= 15 is 0 Å². The van der Waals surface area contributed by atoms with E-state index in [1.165, 1.54) is 0 Å². The summed E-state index contributed by atoms with van der Waals surface area (Å²) in [7, 11) is 0. The fourth-order valence-corrected chi connectivity index (χ4v) is 4.18. The van der Waals surface area contributed by atoms with E-state index in [2.05, 4.69) is 25.8 Å². The van der Waals surface area contributed by atoms with Crippen molar-refractivity contribution in [2.24, 2.45) is 0 Å². The molecule has 6 nitrogen and oxygen atoms in total. The van der Waals surface area contributed by atoms with Crippen LogP contribution in [0.1, 0.15) is 54.8 Å². The maximum Gasteiger partial charge on any atom is 0.321 e. The van der Waals surface area contributed by atoms with Crippen molar-refractivity contribution in [1.29, 1.82) is 0 Å². The van der Waals surface area contributed by atoms with Crippen molar-refractivity contribution in [2.75, 3.05) is 6.61 Å². The molecule has 0 radical (unpaired) electrons. The number of carbonyl (C=O) groups is 1. The summed E-state index contributed by atoms with van der Waals surface area (Å²) in [4.78, 5) is 18.6. The zero-order valence-corrected chi connectivity index (χ0v) is 19.8. The van der Waals surface area contributed by atoms with Gasteiger partial charge in [-0.2, -0.15) is 0 Å². The van der Waals surface area contributed by atoms with E-state index in [0.29, 0.717) is 32.5 Å². The number of rotatable bonds is 7. The minimum absolute atomic E-state index is 0.123. The van der Waals surface area contributed by atoms with E-state index in [0.717, 1.165) is 39.8 Å². The molecule has 2 heterocycles. The molecule has 0 fully saturated rings. The van der Waals surface area contributed by atoms with Gasteiger partial charge < -0.3 is 14.3 Å². The van der Waals surface area contributed by atoms with Gasteiger partial charge in [-0.25, -0.2) is 4.98 Å². The first kappa shape index (κ1) is 23.1. The second-order valence-electron chi connectivity index (χ2n) is 9.75. The second kappa shape index (κ2) is 9.40. The Morgan fingerprint density at radius 2 is 1.94 bits per heavy atom. The van der Waals surface area contributed by atoms with Gasteiger partial charge in [0.1, 0.15) is 17.6 Å². The highest BCUT2D eigenvalue weighted by molar-refractivity contribution is 5.74. The lowest BCUT2D eigenvalue weighted by molar-refractivity contribution is -0.144. The topological polar surface area (TPSA) is 75.8 Å². The van der Waals surface area contributed by atoms with Crippen LogP contribution in [0, 0.1) is 6.92 Å². The van der Waals surface area contributed by atoms with E-state index in [1.54, 1.807) is 0 Å². The van der Waals surface area contributed by atoms with Crippen molar-refractivity contribution in [2.45, 2.75) is 65.1 Å². The number of hydrogen-bond donors (Lipinski definition) is 1. The summed E-state index contributed by atoms with van der Waals surface area (Å²) in [5.74, 6) is 1.59. The Morgan fingerprint density at radius 3 is 2.61 bits per heavy atom. The first-order chi connectivity index (χ1) is 15.7. The number of fused-ring (bicyclic) bond motifs is 1. The van der Waals surface area contributed by atoms with Gasteiger partial charge in [0.2, 0.25) is 0 Å². The first-order valence-electron chi connectivity index (χ1n) is 11.4. The van der Waals surface area contributed by atoms with Crippen molar-refractivity contribution >= 4 is 5.97 Å². The average molecular weight is 449 g/mol. The average Bonchev–Trinajstić information content (AvgIpc) is 3.15. The lowest BCUT2D eigenvalue weighted by atomic mass is 9.93. The molecule has 1 aliphatic heterocycles. The fourth-order valence-electron chi connectivity index (χ4n) is 4.18. The van der Waals surface area contributed by atoms with Gasteiger partial charge >= 0.3 is 5.97 Å². The second-order valence-corrected chi connectivity index (χ2v) is 9.75. The van der Waals surface area contributed by atoms with Gasteiger partial charge in [-0.05, 0) is 42.2 Å². The smallest absolute Gasteiger partial charge is 0.321 e. The SMILES string of the molecule is Cc1oc(C(C)(C)C)nc1CCOc1ccc2c(c1)CN(Cc1ccccc1)[C@H](C(=O)O)C2. The highest BCUT2D eigenvalue weighted by atomic mass is 16.5. The summed E-state index contributed by atoms with van der Waals surface area (Å²) in [6, 6.07) is 15.4. The molecule has 2 aromatic carbocycles. The zero-order chi connectivity index (χ0) is 23.6. The van der Waals surface area contributed by atoms with Crippen LogP contribution in [0.2, 0.25) is 0 Å². The highest BCUT2D eigenvalue weighted by Crippen LogP contribution is 2.29. The normalized spacial score (nSPS) is 16.4. The predicted molar refractivity (Wildman–Crippen MR) is 126 cm³/mol. The van der Waals surface area contributed by atoms with Crippen LogP contribution in [-0.2, 0) is 36.1 Å². The summed E-state index contributed by atoms with van der Waals surface area (Å²) < 4.78 is 11.9. The number of carboxylic acids is 1. The number of aliphatic carboxylic acids is 1. The number of benzene rings is 2. The summed E-state index contributed by atoms with van der Waals surface area (Å²) in [6.45, 7) is 9.88. The molecule has 0 amide bonds. The number of oxazole rings is 1. The molecule has 1 aliphatic rings. The maximum atomic E-state index is 11.9. The quantitative estimate of drug-likeness (QED) is 0.553. The molecular formula is C27H32N2O4. The van der Waals surface area contributed by atoms with Crippen LogP contribution in [-0.4, -0.2) is 33.6 Å². The lowest BCUT2D eigenvalue weighted by Gasteiger charge is -2.34. The van der Waals surface area contributed by atoms with Crippen LogP contribution in [0.4, 0.5) is 0 Å². The van der Waals surface area contributed by atoms with Gasteiger partial charge in [-0.1, -0.05) is 57.2 Å². The van der Waals surface area contributed by atoms with E-state index < -0.39 is 12.0 Å². The van der Waals surface area contributed by atoms with Crippen molar-refractivity contribution < 1.29 is 19.1 Å². The molecule has 3 aromatic rings. The number of hydrogen-bond acceptors (Lipinski definition) is 5. The van der Waals surface area contributed by atoms with Crippen LogP contribution < -0.4 is 4.74 Å². The van der Waals surface area contributed by atoms with Crippen LogP contribution in [0.25, 0.3) is 0 Å². The Hall–Kier alpha value is -3.12. The van der Waals surface area contributed by atoms with Gasteiger partial charge in [0.05, 0.1) is 12.3 Å². The third kappa shape index (κ3) is 5.45. The third-order valence-electron chi connectivity index (χ3n) is 6.06. The number of ether oxygens (including phenoxy) is 1. The minimum Gasteiger partial charge on any atom is -0.493 e. The number of aromatic nitrogens is 1. The summed E-state index contributed by atoms with van der Waals surface area (Å²) in [5, 5.41) is 9.79. The molecule has 6 heteroatoms. The third-order valence-corrected chi connectivity index (χ3v) is 6.06. The Morgan fingerprint density at radius 1 is 1.18 bits per heavy atom. The summed E-state index contributed by atoms with van der Waals surface area (Å²) >= 11 is 0. The molecule has 4 rings (SSSR count). The van der Waals surface area contributed by atoms with Crippen LogP contribution >= 0.6 is 0 Å². The molecule has 0 unspecified atom stereocenters. The maximum absolute atomic E-state index is 11.9. The standard InChI is InChI=1S/C27H32N2O4/c1-18-23(28-26(33-18)27(2,3)4)12-13-32-22-11-10-20-15-24(25(30)31)29(17-21(20)14-22)16-19-8-6-5-7-9-19/h5-11,14,24H,12-13,15-17H2,1-4H3,(H,30,31)/t24-/m0/s1. The van der Waals surface area contributed by atoms with Crippen molar-refractivity contribution in [3.8, 4) is 5.75 Å². The van der Waals surface area contributed by atoms with E-state index in [1.807, 2.05) is 60.4 Å². The van der Waals surface area contributed by atoms with Gasteiger partial charge in [-0.3, -0.25) is 9.69 Å². The predicted octanol–water partition coefficient (Wildman–Crippen LogP) is 4.91. The summed E-state index contributed by atoms with van der Waals surface area (Å²) in [5.41, 5.74) is 4.10. The number of carboxylic acid groups (broad SMARTS) is 1. The Labute approximate surface area is 195 Å². The molecule has 174 valence electrons. The molecule has 1 N–H and O–H groups in total. The van der Waals surface area contributed by atoms with Crippen molar-refractivity contribution in [1.82, 2.24) is 9.88 Å². The minimum atomic E-state index is -0.783. The van der Waals surface area contributed by atoms with Gasteiger partial charge in [-0.15, -0.1) is 0 Å². The molecule has 1 aromatic heterocycles. The number of nitrogens with zero attached hydrogens (tertiary/aromatic N) is 2. The number of aryl methyl sites for hydroxylation is 1. The fraction of sp³-hybridized carbons (Fsp3) is 0.407. The lowest BCUT2D eigenvalue weighted by Crippen LogP contribution is -2.45. The Balaban J connectivity index is 1.43. The van der Waals surface area contributed by atoms with E-state index in [9.17, 15) is 9.90 Å². The Bertz CT molecular complexity index is 1110. The molecule has 0 bridgehead atoms. The monoisotopic (exact) mass is 448 g/mol. The first-order valence-corrected chi connectivity index (χ1v) is 11.4. The molecule has 0 saturated carbocycles. The largest absolute Gasteiger partial charge is 0.493 e. The van der Waals surface area contributed by atoms with Gasteiger partial charge in [0.15, 0.2) is 5.89 Å². The molecular weight excluding hydrogens is 416 g/mol. The van der Waals surface area contributed by atoms with Crippen molar-refractivity contribution in [3.63, 3.8) is 0 Å². The summed E-state index contributed by atoms with van der Waals surface area (Å²) in [6.07, 6.45) is 1.16. The molecule has 0 aliphatic carbocycles. The van der Waals surface area contributed by atoms with Crippen molar-refractivity contribution in [3.05, 3.63) is 82.6 Å². The molecule has 1 atom stereocenters. The zero-order valence-electron chi connectivity index (χ0n) is 19.8. The van der Waals surface area contributed by atoms with E-state index in [-0.39, 0.29) is 5.41 Å². The van der Waals surface area contributed by atoms with Crippen LogP contribution in [0.3, 0.4) is 0 Å². The molecule has 33 heavy (non-hydrogen) atoms. The molecule has 0 spiro atoms. The Kier molecular flexibility index (Phi) is 6.56. The van der Waals surface area contributed by atoms with Gasteiger partial charge in [0, 0.05) is 24.9 Å². The van der Waals surface area contributed by atoms with Crippen LogP contribution in [0.15, 0.2) is 52.9 Å². The van der Waals surface area contributed by atoms with Gasteiger partial charge in [0.25, 0.3) is 0 Å². The highest BCUT2D eigenvalue weighted by Gasteiger charge is 2.31.